The number of hydrazine groups is 1. The highest BCUT2D eigenvalue weighted by atomic mass is 79.9. The first-order chi connectivity index (χ1) is 10.9. The van der Waals surface area contributed by atoms with Gasteiger partial charge in [-0.05, 0) is 32.0 Å². The lowest BCUT2D eigenvalue weighted by Gasteiger charge is -2.25. The Morgan fingerprint density at radius 2 is 1.96 bits per heavy atom. The average Bonchev–Trinajstić information content (AvgIpc) is 2.43. The van der Waals surface area contributed by atoms with Crippen molar-refractivity contribution in [2.75, 3.05) is 0 Å². The van der Waals surface area contributed by atoms with Crippen molar-refractivity contribution in [2.45, 2.75) is 38.1 Å². The van der Waals surface area contributed by atoms with Gasteiger partial charge in [-0.25, -0.2) is 0 Å². The van der Waals surface area contributed by atoms with Crippen molar-refractivity contribution < 1.29 is 32.6 Å². The van der Waals surface area contributed by atoms with E-state index in [1.165, 1.54) is 6.92 Å². The number of nitrogens with one attached hydrogen (secondary N) is 2. The lowest BCUT2D eigenvalue weighted by atomic mass is 10.0. The third-order valence-electron chi connectivity index (χ3n) is 2.92. The number of aliphatic hydroxyl groups is 1. The number of amides is 2. The minimum atomic E-state index is -4.97. The third-order valence-corrected chi connectivity index (χ3v) is 3.41. The van der Waals surface area contributed by atoms with E-state index in [1.54, 1.807) is 29.7 Å². The number of halogens is 4. The molecule has 0 aliphatic rings. The van der Waals surface area contributed by atoms with Crippen LogP contribution in [0.3, 0.4) is 0 Å². The molecule has 134 valence electrons. The fourth-order valence-electron chi connectivity index (χ4n) is 1.49. The number of hydrogen-bond donors (Lipinski definition) is 3. The minimum Gasteiger partial charge on any atom is -0.481 e. The summed E-state index contributed by atoms with van der Waals surface area (Å²) in [5.74, 6) is -1.58. The van der Waals surface area contributed by atoms with Crippen LogP contribution in [0.4, 0.5) is 13.2 Å². The third kappa shape index (κ3) is 6.00. The maximum atomic E-state index is 12.5. The maximum Gasteiger partial charge on any atom is 0.417 e. The van der Waals surface area contributed by atoms with Crippen LogP contribution in [0.1, 0.15) is 20.3 Å². The topological polar surface area (TPSA) is 87.7 Å². The number of rotatable bonds is 5. The zero-order valence-corrected chi connectivity index (χ0v) is 14.4. The normalized spacial score (nSPS) is 15.1. The van der Waals surface area contributed by atoms with Gasteiger partial charge < -0.3 is 9.84 Å². The molecule has 0 aliphatic carbocycles. The first-order valence-electron chi connectivity index (χ1n) is 6.72. The van der Waals surface area contributed by atoms with E-state index >= 15 is 0 Å². The molecule has 6 nitrogen and oxygen atoms in total. The summed E-state index contributed by atoms with van der Waals surface area (Å²) in [5.41, 5.74) is 0.544. The summed E-state index contributed by atoms with van der Waals surface area (Å²) >= 11 is 3.23. The van der Waals surface area contributed by atoms with Crippen LogP contribution in [0.15, 0.2) is 28.7 Å². The summed E-state index contributed by atoms with van der Waals surface area (Å²) in [6, 6.07) is 6.66. The zero-order chi connectivity index (χ0) is 18.5. The largest absolute Gasteiger partial charge is 0.481 e. The van der Waals surface area contributed by atoms with E-state index in [0.29, 0.717) is 12.7 Å². The van der Waals surface area contributed by atoms with E-state index in [1.807, 2.05) is 5.43 Å². The van der Waals surface area contributed by atoms with Crippen molar-refractivity contribution in [1.82, 2.24) is 10.9 Å². The molecule has 0 heterocycles. The van der Waals surface area contributed by atoms with Gasteiger partial charge in [0.2, 0.25) is 5.91 Å². The van der Waals surface area contributed by atoms with E-state index in [9.17, 15) is 27.9 Å². The van der Waals surface area contributed by atoms with E-state index in [4.69, 9.17) is 4.74 Å². The summed E-state index contributed by atoms with van der Waals surface area (Å²) in [6.07, 6.45) is -7.23. The van der Waals surface area contributed by atoms with Gasteiger partial charge in [-0.2, -0.15) is 13.2 Å². The Morgan fingerprint density at radius 3 is 2.50 bits per heavy atom. The van der Waals surface area contributed by atoms with Crippen LogP contribution < -0.4 is 15.6 Å². The molecule has 0 saturated carbocycles. The SMILES string of the molecule is C[C@H](Oc1cccc(Br)c1)C(=O)NNC(=O)C[C@@](C)(O)C(F)(F)F. The van der Waals surface area contributed by atoms with Crippen molar-refractivity contribution in [2.24, 2.45) is 0 Å². The Balaban J connectivity index is 2.49. The molecular weight excluding hydrogens is 397 g/mol. The van der Waals surface area contributed by atoms with Crippen LogP contribution in [0.25, 0.3) is 0 Å². The van der Waals surface area contributed by atoms with Gasteiger partial charge in [0.05, 0.1) is 6.42 Å². The van der Waals surface area contributed by atoms with Gasteiger partial charge in [-0.1, -0.05) is 22.0 Å². The van der Waals surface area contributed by atoms with E-state index < -0.39 is 36.1 Å². The number of ether oxygens (including phenoxy) is 1. The molecule has 1 aromatic carbocycles. The van der Waals surface area contributed by atoms with E-state index in [0.717, 1.165) is 4.47 Å². The molecule has 0 bridgehead atoms. The Bertz CT molecular complexity index is 608. The second-order valence-corrected chi connectivity index (χ2v) is 6.12. The van der Waals surface area contributed by atoms with Crippen molar-refractivity contribution in [3.05, 3.63) is 28.7 Å². The molecule has 1 rings (SSSR count). The number of alkyl halides is 3. The van der Waals surface area contributed by atoms with Crippen molar-refractivity contribution in [1.29, 1.82) is 0 Å². The van der Waals surface area contributed by atoms with Crippen molar-refractivity contribution in [3.8, 4) is 5.75 Å². The summed E-state index contributed by atoms with van der Waals surface area (Å²) in [4.78, 5) is 23.2. The summed E-state index contributed by atoms with van der Waals surface area (Å²) in [6.45, 7) is 1.86. The molecule has 0 radical (unpaired) electrons. The van der Waals surface area contributed by atoms with Crippen molar-refractivity contribution in [3.63, 3.8) is 0 Å². The number of benzene rings is 1. The van der Waals surface area contributed by atoms with Crippen LogP contribution in [-0.2, 0) is 9.59 Å². The Kier molecular flexibility index (Phi) is 6.61. The standard InChI is InChI=1S/C14H16BrF3N2O4/c1-8(24-10-5-3-4-9(15)6-10)12(22)20-19-11(21)7-13(2,23)14(16,17)18/h3-6,8,23H,7H2,1-2H3,(H,19,21)(H,20,22)/t8-,13+/m0/s1. The Labute approximate surface area is 144 Å². The molecule has 0 spiro atoms. The molecule has 0 aromatic heterocycles. The molecule has 2 atom stereocenters. The van der Waals surface area contributed by atoms with Gasteiger partial charge in [0.1, 0.15) is 5.75 Å². The molecule has 0 fully saturated rings. The molecule has 0 aliphatic heterocycles. The highest BCUT2D eigenvalue weighted by Gasteiger charge is 2.51. The number of carbonyl (C=O) groups excluding carboxylic acids is 2. The lowest BCUT2D eigenvalue weighted by molar-refractivity contribution is -0.253. The van der Waals surface area contributed by atoms with Crippen LogP contribution in [0.2, 0.25) is 0 Å². The first-order valence-corrected chi connectivity index (χ1v) is 7.52. The number of hydrogen-bond acceptors (Lipinski definition) is 4. The molecule has 0 unspecified atom stereocenters. The Hall–Kier alpha value is -1.81. The quantitative estimate of drug-likeness (QED) is 0.646. The molecular formula is C14H16BrF3N2O4. The second kappa shape index (κ2) is 7.84. The first kappa shape index (κ1) is 20.2. The van der Waals surface area contributed by atoms with Crippen LogP contribution in [0.5, 0.6) is 5.75 Å². The summed E-state index contributed by atoms with van der Waals surface area (Å²) in [7, 11) is 0. The number of carbonyl (C=O) groups is 2. The predicted octanol–water partition coefficient (Wildman–Crippen LogP) is 2.07. The van der Waals surface area contributed by atoms with Gasteiger partial charge in [-0.3, -0.25) is 20.4 Å². The summed E-state index contributed by atoms with van der Waals surface area (Å²) in [5, 5.41) is 9.19. The highest BCUT2D eigenvalue weighted by molar-refractivity contribution is 9.10. The summed E-state index contributed by atoms with van der Waals surface area (Å²) < 4.78 is 43.4. The fraction of sp³-hybridized carbons (Fsp3) is 0.429. The zero-order valence-electron chi connectivity index (χ0n) is 12.8. The van der Waals surface area contributed by atoms with Gasteiger partial charge in [-0.15, -0.1) is 0 Å². The van der Waals surface area contributed by atoms with Gasteiger partial charge >= 0.3 is 6.18 Å². The fourth-order valence-corrected chi connectivity index (χ4v) is 1.87. The smallest absolute Gasteiger partial charge is 0.417 e. The Morgan fingerprint density at radius 1 is 1.33 bits per heavy atom. The molecule has 10 heteroatoms. The monoisotopic (exact) mass is 412 g/mol. The minimum absolute atomic E-state index is 0.387. The van der Waals surface area contributed by atoms with Crippen LogP contribution >= 0.6 is 15.9 Å². The van der Waals surface area contributed by atoms with Gasteiger partial charge in [0.25, 0.3) is 5.91 Å². The van der Waals surface area contributed by atoms with Gasteiger partial charge in [0.15, 0.2) is 11.7 Å². The predicted molar refractivity (Wildman–Crippen MR) is 81.8 cm³/mol. The van der Waals surface area contributed by atoms with Crippen LogP contribution in [-0.4, -0.2) is 34.8 Å². The van der Waals surface area contributed by atoms with E-state index in [-0.39, 0.29) is 0 Å². The molecule has 1 aromatic rings. The van der Waals surface area contributed by atoms with E-state index in [2.05, 4.69) is 15.9 Å². The highest BCUT2D eigenvalue weighted by Crippen LogP contribution is 2.32. The molecule has 24 heavy (non-hydrogen) atoms. The second-order valence-electron chi connectivity index (χ2n) is 5.20. The maximum absolute atomic E-state index is 12.5. The van der Waals surface area contributed by atoms with Crippen LogP contribution in [0, 0.1) is 0 Å². The molecule has 3 N–H and O–H groups in total. The molecule has 0 saturated heterocycles. The lowest BCUT2D eigenvalue weighted by Crippen LogP contribution is -2.51. The average molecular weight is 413 g/mol. The van der Waals surface area contributed by atoms with Crippen molar-refractivity contribution >= 4 is 27.7 Å². The van der Waals surface area contributed by atoms with Gasteiger partial charge in [0, 0.05) is 4.47 Å². The molecule has 2 amide bonds.